The molecule has 0 aliphatic carbocycles. The number of aromatic nitrogens is 2. The maximum absolute atomic E-state index is 13.6. The number of amides is 1. The summed E-state index contributed by atoms with van der Waals surface area (Å²) in [6, 6.07) is 17.5. The highest BCUT2D eigenvalue weighted by molar-refractivity contribution is 6.31. The van der Waals surface area contributed by atoms with Crippen molar-refractivity contribution in [3.8, 4) is 16.9 Å². The van der Waals surface area contributed by atoms with Crippen molar-refractivity contribution >= 4 is 28.5 Å². The summed E-state index contributed by atoms with van der Waals surface area (Å²) >= 11 is 6.00. The average Bonchev–Trinajstić information content (AvgIpc) is 3.38. The van der Waals surface area contributed by atoms with Crippen LogP contribution in [0.1, 0.15) is 64.4 Å². The summed E-state index contributed by atoms with van der Waals surface area (Å²) in [6.07, 6.45) is 3.25. The molecule has 1 fully saturated rings. The number of fused-ring (bicyclic) bond motifs is 1. The lowest BCUT2D eigenvalue weighted by molar-refractivity contribution is -0.130. The van der Waals surface area contributed by atoms with Gasteiger partial charge in [-0.05, 0) is 72.9 Å². The van der Waals surface area contributed by atoms with Gasteiger partial charge >= 0.3 is 0 Å². The van der Waals surface area contributed by atoms with Crippen molar-refractivity contribution in [1.29, 1.82) is 0 Å². The van der Waals surface area contributed by atoms with Gasteiger partial charge in [-0.1, -0.05) is 63.9 Å². The van der Waals surface area contributed by atoms with Gasteiger partial charge < -0.3 is 14.6 Å². The fraction of sp³-hybridized carbons (Fsp3) is 0.429. The molecule has 0 bridgehead atoms. The van der Waals surface area contributed by atoms with E-state index in [9.17, 15) is 9.18 Å². The van der Waals surface area contributed by atoms with Crippen LogP contribution in [0.4, 0.5) is 4.39 Å². The van der Waals surface area contributed by atoms with Crippen LogP contribution in [-0.4, -0.2) is 58.5 Å². The van der Waals surface area contributed by atoms with Crippen LogP contribution in [0.15, 0.2) is 54.6 Å². The second-order valence-electron chi connectivity index (χ2n) is 10.8. The quantitative estimate of drug-likeness (QED) is 0.229. The number of nitrogens with zero attached hydrogens (tertiary/aromatic N) is 3. The van der Waals surface area contributed by atoms with Crippen LogP contribution >= 0.6 is 11.6 Å². The van der Waals surface area contributed by atoms with Crippen molar-refractivity contribution < 1.29 is 13.9 Å². The molecular formula is C35H46ClFN4O2. The molecule has 0 atom stereocenters. The van der Waals surface area contributed by atoms with E-state index in [0.29, 0.717) is 30.2 Å². The van der Waals surface area contributed by atoms with Gasteiger partial charge in [0.05, 0.1) is 17.6 Å². The van der Waals surface area contributed by atoms with Crippen molar-refractivity contribution in [1.82, 2.24) is 19.8 Å². The number of ether oxygens (including phenoxy) is 1. The number of hydrogen-bond acceptors (Lipinski definition) is 4. The van der Waals surface area contributed by atoms with Gasteiger partial charge in [-0.3, -0.25) is 9.69 Å². The van der Waals surface area contributed by atoms with Crippen LogP contribution in [-0.2, 0) is 17.8 Å². The number of carbonyl (C=O) groups is 1. The van der Waals surface area contributed by atoms with Gasteiger partial charge in [-0.15, -0.1) is 0 Å². The van der Waals surface area contributed by atoms with Crippen molar-refractivity contribution in [2.45, 2.75) is 67.3 Å². The summed E-state index contributed by atoms with van der Waals surface area (Å²) in [4.78, 5) is 22.9. The number of nitrogens with one attached hydrogen (secondary N) is 1. The van der Waals surface area contributed by atoms with Crippen LogP contribution in [0.25, 0.3) is 22.2 Å². The largest absolute Gasteiger partial charge is 0.493 e. The number of aromatic amines is 1. The lowest BCUT2D eigenvalue weighted by atomic mass is 10.0. The fourth-order valence-electron chi connectivity index (χ4n) is 4.83. The Kier molecular flexibility index (Phi) is 13.5. The summed E-state index contributed by atoms with van der Waals surface area (Å²) in [5, 5.41) is 0.462. The van der Waals surface area contributed by atoms with E-state index in [-0.39, 0.29) is 11.7 Å². The predicted octanol–water partition coefficient (Wildman–Crippen LogP) is 8.45. The van der Waals surface area contributed by atoms with Gasteiger partial charge in [0.15, 0.2) is 0 Å². The number of rotatable bonds is 7. The van der Waals surface area contributed by atoms with Gasteiger partial charge in [-0.2, -0.15) is 0 Å². The molecule has 232 valence electrons. The molecule has 3 aromatic carbocycles. The lowest BCUT2D eigenvalue weighted by Crippen LogP contribution is -2.47. The molecule has 4 aromatic rings. The van der Waals surface area contributed by atoms with Gasteiger partial charge in [0.25, 0.3) is 0 Å². The molecule has 8 heteroatoms. The van der Waals surface area contributed by atoms with E-state index in [4.69, 9.17) is 16.3 Å². The number of hydrogen-bond donors (Lipinski definition) is 1. The van der Waals surface area contributed by atoms with E-state index in [0.717, 1.165) is 55.1 Å². The second kappa shape index (κ2) is 17.0. The summed E-state index contributed by atoms with van der Waals surface area (Å²) in [5.41, 5.74) is 6.31. The number of aryl methyl sites for hydroxylation is 2. The Hall–Kier alpha value is -3.42. The average molecular weight is 609 g/mol. The Bertz CT molecular complexity index is 1440. The first-order valence-corrected chi connectivity index (χ1v) is 15.7. The van der Waals surface area contributed by atoms with E-state index in [2.05, 4.69) is 79.0 Å². The summed E-state index contributed by atoms with van der Waals surface area (Å²) in [5.74, 6) is 1.78. The maximum atomic E-state index is 13.6. The Morgan fingerprint density at radius 1 is 1.00 bits per heavy atom. The highest BCUT2D eigenvalue weighted by Gasteiger charge is 2.20. The molecule has 0 spiro atoms. The van der Waals surface area contributed by atoms with Crippen molar-refractivity contribution in [3.05, 3.63) is 82.4 Å². The van der Waals surface area contributed by atoms with E-state index in [1.165, 1.54) is 29.2 Å². The Morgan fingerprint density at radius 2 is 1.67 bits per heavy atom. The van der Waals surface area contributed by atoms with Gasteiger partial charge in [0.2, 0.25) is 5.91 Å². The van der Waals surface area contributed by atoms with E-state index < -0.39 is 0 Å². The molecule has 1 aliphatic heterocycles. The van der Waals surface area contributed by atoms with E-state index in [1.807, 2.05) is 6.92 Å². The van der Waals surface area contributed by atoms with Crippen molar-refractivity contribution in [2.75, 3.05) is 32.8 Å². The number of H-pyrrole nitrogens is 1. The lowest BCUT2D eigenvalue weighted by Gasteiger charge is -2.34. The van der Waals surface area contributed by atoms with Crippen LogP contribution < -0.4 is 4.74 Å². The minimum absolute atomic E-state index is 0.0959. The Balaban J connectivity index is 0.000000220. The monoisotopic (exact) mass is 608 g/mol. The number of piperazine rings is 1. The van der Waals surface area contributed by atoms with Gasteiger partial charge in [-0.25, -0.2) is 9.37 Å². The third kappa shape index (κ3) is 9.80. The smallest absolute Gasteiger partial charge is 0.219 e. The zero-order valence-electron chi connectivity index (χ0n) is 26.5. The number of imidazole rings is 1. The third-order valence-corrected chi connectivity index (χ3v) is 7.45. The molecular weight excluding hydrogens is 563 g/mol. The summed E-state index contributed by atoms with van der Waals surface area (Å²) in [6.45, 7) is 16.3. The standard InChI is InChI=1S/C19H22N2O.C13H16ClFN2O.C3H8/c1-4-10-22-19-9-7-15(11-14(19)5-2)16-6-8-17-18(12-16)21-13(3)20-17;1-10(18)17-7-5-16(6-8-17)9-11-12(14)3-2-4-13(11)15;1-3-2/h6-9,11-12H,4-5,10H2,1-3H3,(H,20,21);2-4H,5-9H2,1H3;3H2,1-2H3. The number of benzene rings is 3. The van der Waals surface area contributed by atoms with Crippen molar-refractivity contribution in [2.24, 2.45) is 0 Å². The molecule has 6 nitrogen and oxygen atoms in total. The van der Waals surface area contributed by atoms with Crippen LogP contribution in [0.5, 0.6) is 5.75 Å². The van der Waals surface area contributed by atoms with Crippen LogP contribution in [0.3, 0.4) is 0 Å². The van der Waals surface area contributed by atoms with Gasteiger partial charge in [0, 0.05) is 50.2 Å². The molecule has 1 saturated heterocycles. The molecule has 2 heterocycles. The minimum atomic E-state index is -0.267. The zero-order chi connectivity index (χ0) is 31.4. The molecule has 1 N–H and O–H groups in total. The minimum Gasteiger partial charge on any atom is -0.493 e. The highest BCUT2D eigenvalue weighted by atomic mass is 35.5. The molecule has 43 heavy (non-hydrogen) atoms. The van der Waals surface area contributed by atoms with Crippen molar-refractivity contribution in [3.63, 3.8) is 0 Å². The SMILES string of the molecule is CC(=O)N1CCN(Cc2c(F)cccc2Cl)CC1.CCC.CCCOc1ccc(-c2ccc3nc(C)[nH]c3c2)cc1CC. The van der Waals surface area contributed by atoms with Gasteiger partial charge in [0.1, 0.15) is 17.4 Å². The highest BCUT2D eigenvalue weighted by Crippen LogP contribution is 2.29. The Morgan fingerprint density at radius 3 is 2.30 bits per heavy atom. The summed E-state index contributed by atoms with van der Waals surface area (Å²) in [7, 11) is 0. The third-order valence-electron chi connectivity index (χ3n) is 7.10. The molecule has 0 unspecified atom stereocenters. The second-order valence-corrected chi connectivity index (χ2v) is 11.2. The molecule has 1 aliphatic rings. The van der Waals surface area contributed by atoms with Crippen LogP contribution in [0, 0.1) is 12.7 Å². The molecule has 0 radical (unpaired) electrons. The zero-order valence-corrected chi connectivity index (χ0v) is 27.2. The normalized spacial score (nSPS) is 13.2. The first-order chi connectivity index (χ1) is 20.7. The Labute approximate surface area is 261 Å². The number of halogens is 2. The van der Waals surface area contributed by atoms with E-state index >= 15 is 0 Å². The predicted molar refractivity (Wildman–Crippen MR) is 176 cm³/mol. The molecule has 1 amide bonds. The molecule has 0 saturated carbocycles. The first kappa shape index (κ1) is 34.1. The molecule has 5 rings (SSSR count). The fourth-order valence-corrected chi connectivity index (χ4v) is 5.06. The summed E-state index contributed by atoms with van der Waals surface area (Å²) < 4.78 is 19.5. The first-order valence-electron chi connectivity index (χ1n) is 15.3. The maximum Gasteiger partial charge on any atom is 0.219 e. The molecule has 1 aromatic heterocycles. The van der Waals surface area contributed by atoms with E-state index in [1.54, 1.807) is 24.0 Å². The number of carbonyl (C=O) groups excluding carboxylic acids is 1. The van der Waals surface area contributed by atoms with Crippen LogP contribution in [0.2, 0.25) is 5.02 Å². The topological polar surface area (TPSA) is 61.5 Å².